The molecule has 1 aliphatic rings. The Labute approximate surface area is 116 Å². The molecular weight excluding hydrogens is 385 g/mol. The van der Waals surface area contributed by atoms with Gasteiger partial charge in [-0.05, 0) is 0 Å². The van der Waals surface area contributed by atoms with Crippen molar-refractivity contribution in [3.05, 3.63) is 0 Å². The Morgan fingerprint density at radius 2 is 0.250 bits per heavy atom. The largest absolute Gasteiger partial charge is 0 e. The van der Waals surface area contributed by atoms with Crippen LogP contribution < -0.4 is 0 Å². The van der Waals surface area contributed by atoms with Crippen molar-refractivity contribution in [2.75, 3.05) is 0 Å². The fourth-order valence-electron chi connectivity index (χ4n) is 0.136. The molecule has 0 spiro atoms. The van der Waals surface area contributed by atoms with E-state index in [1.807, 2.05) is 118 Å². The topological polar surface area (TPSA) is 0 Å². The fourth-order valence-corrected chi connectivity index (χ4v) is 33.1. The smallest absolute Gasteiger partial charge is 0 e. The van der Waals surface area contributed by atoms with Crippen LogP contribution in [0.3, 0.4) is 0 Å². The van der Waals surface area contributed by atoms with Crippen molar-refractivity contribution in [3.8, 4) is 0 Å². The Hall–Kier alpha value is 4.20. The summed E-state index contributed by atoms with van der Waals surface area (Å²) in [6.07, 6.45) is 0. The summed E-state index contributed by atoms with van der Waals surface area (Å²) in [7, 11) is 22.0. The summed E-state index contributed by atoms with van der Waals surface area (Å²) in [4.78, 5) is 0. The molecule has 0 N–H and O–H groups in total. The molecule has 12 heavy (non-hydrogen) atoms. The summed E-state index contributed by atoms with van der Waals surface area (Å²) in [5, 5.41) is 0. The molecule has 0 unspecified atom stereocenters. The second-order valence-corrected chi connectivity index (χ2v) is 22.0. The zero-order valence-electron chi connectivity index (χ0n) is 4.90. The molecule has 1 saturated heterocycles. The highest BCUT2D eigenvalue weighted by Crippen LogP contribution is 2.66. The molecule has 0 atom stereocenters. The molecule has 0 aliphatic carbocycles. The Balaban J connectivity index is 2.00. The van der Waals surface area contributed by atoms with Crippen LogP contribution >= 0.6 is 118 Å². The van der Waals surface area contributed by atoms with Crippen LogP contribution in [-0.2, 0) is 0 Å². The zero-order valence-corrected chi connectivity index (χ0v) is 14.7. The highest BCUT2D eigenvalue weighted by atomic mass is 34.1. The van der Waals surface area contributed by atoms with E-state index in [1.54, 1.807) is 0 Å². The fraction of sp³-hybridized carbons (Fsp3) is 0. The summed E-state index contributed by atoms with van der Waals surface area (Å²) < 4.78 is 0. The maximum atomic E-state index is 1.83. The average molecular weight is 385 g/mol. The molecule has 0 nitrogen and oxygen atoms in total. The Morgan fingerprint density at radius 3 is 0.333 bits per heavy atom. The van der Waals surface area contributed by atoms with E-state index in [0.29, 0.717) is 0 Å². The monoisotopic (exact) mass is 384 g/mol. The molecule has 1 fully saturated rings. The zero-order chi connectivity index (χ0) is 8.49. The predicted octanol–water partition coefficient (Wildman–Crippen LogP) is 7.78. The van der Waals surface area contributed by atoms with Gasteiger partial charge in [0.25, 0.3) is 0 Å². The van der Waals surface area contributed by atoms with E-state index in [-0.39, 0.29) is 0 Å². The Kier molecular flexibility index (Phi) is 13.9. The summed E-state index contributed by atoms with van der Waals surface area (Å²) in [6, 6.07) is 0. The highest BCUT2D eigenvalue weighted by Gasteiger charge is 2.01. The summed E-state index contributed by atoms with van der Waals surface area (Å²) in [5.74, 6) is 0. The van der Waals surface area contributed by atoms with Crippen LogP contribution in [-0.4, -0.2) is 0 Å². The van der Waals surface area contributed by atoms with E-state index in [9.17, 15) is 0 Å². The average Bonchev–Trinajstić information content (AvgIpc) is 2.05. The van der Waals surface area contributed by atoms with Crippen LogP contribution in [0, 0.1) is 0 Å². The lowest BCUT2D eigenvalue weighted by molar-refractivity contribution is 5.59. The van der Waals surface area contributed by atoms with Gasteiger partial charge in [0, 0.05) is 118 Å². The lowest BCUT2D eigenvalue weighted by Crippen LogP contribution is -1.35. The molecule has 12 heteroatoms. The molecule has 1 heterocycles. The Morgan fingerprint density at radius 1 is 0.167 bits per heavy atom. The van der Waals surface area contributed by atoms with E-state index < -0.39 is 0 Å². The number of hydrogen-bond acceptors (Lipinski definition) is 12. The van der Waals surface area contributed by atoms with Crippen molar-refractivity contribution in [3.63, 3.8) is 0 Å². The van der Waals surface area contributed by atoms with E-state index in [4.69, 9.17) is 0 Å². The standard InChI is InChI=1S/S12/c1-2-4-6-8-10-12-11-9-7-5-3-1. The van der Waals surface area contributed by atoms with Crippen LogP contribution in [0.4, 0.5) is 0 Å². The van der Waals surface area contributed by atoms with Crippen molar-refractivity contribution < 1.29 is 0 Å². The van der Waals surface area contributed by atoms with Gasteiger partial charge in [0.2, 0.25) is 0 Å². The summed E-state index contributed by atoms with van der Waals surface area (Å²) in [5.41, 5.74) is 0. The van der Waals surface area contributed by atoms with Crippen LogP contribution in [0.1, 0.15) is 0 Å². The lowest BCUT2D eigenvalue weighted by Gasteiger charge is -2.00. The molecule has 1 rings (SSSR count). The third-order valence-corrected chi connectivity index (χ3v) is 27.0. The minimum atomic E-state index is 1.83. The Bertz CT molecular complexity index is 43.0. The molecule has 72 valence electrons. The molecule has 1 aliphatic heterocycles. The van der Waals surface area contributed by atoms with Gasteiger partial charge in [0.05, 0.1) is 0 Å². The molecule has 0 aromatic carbocycles. The van der Waals surface area contributed by atoms with Crippen molar-refractivity contribution >= 4 is 118 Å². The first-order chi connectivity index (χ1) is 6.00. The molecule has 0 bridgehead atoms. The third kappa shape index (κ3) is 9.43. The molecule has 0 saturated carbocycles. The first-order valence-electron chi connectivity index (χ1n) is 2.00. The molecule has 0 aromatic rings. The van der Waals surface area contributed by atoms with Gasteiger partial charge in [-0.1, -0.05) is 0 Å². The lowest BCUT2D eigenvalue weighted by atomic mass is 30.1. The second kappa shape index (κ2) is 11.7. The van der Waals surface area contributed by atoms with Gasteiger partial charge in [0.15, 0.2) is 0 Å². The van der Waals surface area contributed by atoms with Crippen LogP contribution in [0.2, 0.25) is 0 Å². The highest BCUT2D eigenvalue weighted by molar-refractivity contribution is 9.60. The summed E-state index contributed by atoms with van der Waals surface area (Å²) >= 11 is 0. The van der Waals surface area contributed by atoms with Gasteiger partial charge >= 0.3 is 0 Å². The van der Waals surface area contributed by atoms with Crippen LogP contribution in [0.5, 0.6) is 0 Å². The summed E-state index contributed by atoms with van der Waals surface area (Å²) in [6.45, 7) is 0. The van der Waals surface area contributed by atoms with Crippen molar-refractivity contribution in [2.45, 2.75) is 0 Å². The quantitative estimate of drug-likeness (QED) is 0.374. The normalized spacial score (nSPS) is 24.0. The minimum Gasteiger partial charge on any atom is 0 e. The van der Waals surface area contributed by atoms with Gasteiger partial charge < -0.3 is 0 Å². The van der Waals surface area contributed by atoms with Crippen LogP contribution in [0.25, 0.3) is 0 Å². The first kappa shape index (κ1) is 14.3. The van der Waals surface area contributed by atoms with E-state index in [0.717, 1.165) is 0 Å². The van der Waals surface area contributed by atoms with Crippen LogP contribution in [0.15, 0.2) is 0 Å². The maximum absolute atomic E-state index is 1.83. The van der Waals surface area contributed by atoms with E-state index in [1.165, 1.54) is 0 Å². The first-order valence-corrected chi connectivity index (χ1v) is 18.0. The molecular formula is S12. The SMILES string of the molecule is S1SSSSSSSSSSS1. The van der Waals surface area contributed by atoms with Gasteiger partial charge in [0.1, 0.15) is 0 Å². The van der Waals surface area contributed by atoms with Crippen molar-refractivity contribution in [1.29, 1.82) is 0 Å². The van der Waals surface area contributed by atoms with Gasteiger partial charge in [-0.2, -0.15) is 0 Å². The van der Waals surface area contributed by atoms with Crippen molar-refractivity contribution in [2.24, 2.45) is 0 Å². The van der Waals surface area contributed by atoms with E-state index in [2.05, 4.69) is 0 Å². The van der Waals surface area contributed by atoms with Gasteiger partial charge in [-0.15, -0.1) is 0 Å². The molecule has 0 amide bonds. The molecule has 0 radical (unpaired) electrons. The predicted molar refractivity (Wildman–Crippen MR) is 91.1 cm³/mol. The van der Waals surface area contributed by atoms with Gasteiger partial charge in [-0.25, -0.2) is 0 Å². The number of rotatable bonds is 0. The minimum absolute atomic E-state index is 1.83. The van der Waals surface area contributed by atoms with Crippen molar-refractivity contribution in [1.82, 2.24) is 0 Å². The number of hydrogen-bond donors (Lipinski definition) is 0. The van der Waals surface area contributed by atoms with E-state index >= 15 is 0 Å². The third-order valence-electron chi connectivity index (χ3n) is 0.333. The second-order valence-electron chi connectivity index (χ2n) is 0.816. The molecule has 0 aromatic heterocycles. The van der Waals surface area contributed by atoms with Gasteiger partial charge in [-0.3, -0.25) is 0 Å². The maximum Gasteiger partial charge on any atom is 0 e.